The molecule has 0 atom stereocenters. The third-order valence-electron chi connectivity index (χ3n) is 3.37. The summed E-state index contributed by atoms with van der Waals surface area (Å²) < 4.78 is 0. The van der Waals surface area contributed by atoms with Gasteiger partial charge < -0.3 is 10.6 Å². The summed E-state index contributed by atoms with van der Waals surface area (Å²) in [5, 5.41) is 5.51. The van der Waals surface area contributed by atoms with Crippen molar-refractivity contribution in [2.24, 2.45) is 5.16 Å². The second-order valence-electron chi connectivity index (χ2n) is 5.08. The van der Waals surface area contributed by atoms with E-state index in [1.165, 1.54) is 0 Å². The van der Waals surface area contributed by atoms with E-state index in [2.05, 4.69) is 5.16 Å². The minimum atomic E-state index is 0.571. The van der Waals surface area contributed by atoms with E-state index < -0.39 is 0 Å². The molecule has 3 aromatic rings. The first kappa shape index (κ1) is 16.4. The van der Waals surface area contributed by atoms with Crippen LogP contribution in [0.5, 0.6) is 5.75 Å². The van der Waals surface area contributed by atoms with Gasteiger partial charge in [0.2, 0.25) is 0 Å². The molecule has 0 saturated carbocycles. The second-order valence-corrected chi connectivity index (χ2v) is 5.96. The van der Waals surface area contributed by atoms with Gasteiger partial charge in [0.05, 0.1) is 0 Å². The normalized spacial score (nSPS) is 11.3. The zero-order valence-corrected chi connectivity index (χ0v) is 14.1. The number of anilines is 1. The molecule has 5 heteroatoms. The first-order valence-electron chi connectivity index (χ1n) is 7.25. The maximum Gasteiger partial charge on any atom is 0.158 e. The molecule has 0 aliphatic heterocycles. The monoisotopic (exact) mass is 356 g/mol. The highest BCUT2D eigenvalue weighted by Gasteiger charge is 2.12. The summed E-state index contributed by atoms with van der Waals surface area (Å²) in [4.78, 5) is 5.56. The highest BCUT2D eigenvalue weighted by Crippen LogP contribution is 2.23. The number of halogens is 2. The molecule has 0 aromatic heterocycles. The molecule has 0 spiro atoms. The molecule has 24 heavy (non-hydrogen) atoms. The van der Waals surface area contributed by atoms with Crippen molar-refractivity contribution >= 4 is 34.6 Å². The Hall–Kier alpha value is -2.49. The Bertz CT molecular complexity index is 862. The standard InChI is InChI=1S/C19H14Cl2N2O/c20-14-6-9-16(10-7-14)24-23-19(13-4-2-1-3-5-13)17-12-15(21)8-11-18(17)22/h1-12H,22H2/b23-19+. The summed E-state index contributed by atoms with van der Waals surface area (Å²) in [7, 11) is 0. The molecule has 120 valence electrons. The number of hydrogen-bond acceptors (Lipinski definition) is 3. The van der Waals surface area contributed by atoms with Crippen LogP contribution >= 0.6 is 23.2 Å². The lowest BCUT2D eigenvalue weighted by molar-refractivity contribution is 0.342. The summed E-state index contributed by atoms with van der Waals surface area (Å²) in [6.45, 7) is 0. The maximum absolute atomic E-state index is 6.12. The van der Waals surface area contributed by atoms with Gasteiger partial charge in [-0.15, -0.1) is 0 Å². The zero-order valence-electron chi connectivity index (χ0n) is 12.6. The van der Waals surface area contributed by atoms with E-state index in [1.54, 1.807) is 42.5 Å². The molecule has 0 aliphatic rings. The van der Waals surface area contributed by atoms with Gasteiger partial charge in [0.15, 0.2) is 5.75 Å². The molecule has 0 fully saturated rings. The van der Waals surface area contributed by atoms with Crippen LogP contribution in [-0.4, -0.2) is 5.71 Å². The van der Waals surface area contributed by atoms with Crippen molar-refractivity contribution in [1.82, 2.24) is 0 Å². The van der Waals surface area contributed by atoms with Gasteiger partial charge in [-0.25, -0.2) is 0 Å². The van der Waals surface area contributed by atoms with Crippen LogP contribution in [0.25, 0.3) is 0 Å². The van der Waals surface area contributed by atoms with Crippen molar-refractivity contribution in [1.29, 1.82) is 0 Å². The predicted molar refractivity (Wildman–Crippen MR) is 100 cm³/mol. The van der Waals surface area contributed by atoms with Crippen LogP contribution in [0.2, 0.25) is 10.0 Å². The van der Waals surface area contributed by atoms with Crippen LogP contribution in [0.1, 0.15) is 11.1 Å². The number of oxime groups is 1. The van der Waals surface area contributed by atoms with Crippen LogP contribution in [0, 0.1) is 0 Å². The van der Waals surface area contributed by atoms with Gasteiger partial charge in [-0.3, -0.25) is 0 Å². The Labute approximate surface area is 150 Å². The van der Waals surface area contributed by atoms with E-state index in [4.69, 9.17) is 33.8 Å². The fourth-order valence-electron chi connectivity index (χ4n) is 2.18. The van der Waals surface area contributed by atoms with Crippen molar-refractivity contribution in [3.8, 4) is 5.75 Å². The zero-order chi connectivity index (χ0) is 16.9. The summed E-state index contributed by atoms with van der Waals surface area (Å²) in [6.07, 6.45) is 0. The number of nitrogens with zero attached hydrogens (tertiary/aromatic N) is 1. The van der Waals surface area contributed by atoms with Crippen molar-refractivity contribution in [2.75, 3.05) is 5.73 Å². The van der Waals surface area contributed by atoms with Gasteiger partial charge in [0.25, 0.3) is 0 Å². The van der Waals surface area contributed by atoms with Crippen molar-refractivity contribution in [3.63, 3.8) is 0 Å². The van der Waals surface area contributed by atoms with Crippen molar-refractivity contribution in [2.45, 2.75) is 0 Å². The fourth-order valence-corrected chi connectivity index (χ4v) is 2.48. The molecule has 0 heterocycles. The molecule has 0 aliphatic carbocycles. The minimum absolute atomic E-state index is 0.571. The molecular weight excluding hydrogens is 343 g/mol. The first-order chi connectivity index (χ1) is 11.6. The topological polar surface area (TPSA) is 47.6 Å². The molecule has 0 amide bonds. The quantitative estimate of drug-likeness (QED) is 0.386. The van der Waals surface area contributed by atoms with Crippen LogP contribution in [-0.2, 0) is 0 Å². The average Bonchev–Trinajstić information content (AvgIpc) is 2.60. The van der Waals surface area contributed by atoms with Gasteiger partial charge >= 0.3 is 0 Å². The van der Waals surface area contributed by atoms with Gasteiger partial charge in [0, 0.05) is 26.9 Å². The fraction of sp³-hybridized carbons (Fsp3) is 0. The number of nitrogen functional groups attached to an aromatic ring is 1. The van der Waals surface area contributed by atoms with Crippen LogP contribution in [0.15, 0.2) is 78.0 Å². The Morgan fingerprint density at radius 3 is 2.21 bits per heavy atom. The van der Waals surface area contributed by atoms with Crippen molar-refractivity contribution in [3.05, 3.63) is 94.0 Å². The lowest BCUT2D eigenvalue weighted by Gasteiger charge is -2.10. The molecular formula is C19H14Cl2N2O. The van der Waals surface area contributed by atoms with Gasteiger partial charge in [0.1, 0.15) is 5.71 Å². The third kappa shape index (κ3) is 3.88. The lowest BCUT2D eigenvalue weighted by atomic mass is 10.0. The third-order valence-corrected chi connectivity index (χ3v) is 3.86. The van der Waals surface area contributed by atoms with E-state index >= 15 is 0 Å². The SMILES string of the molecule is Nc1ccc(Cl)cc1/C(=N/Oc1ccc(Cl)cc1)c1ccccc1. The van der Waals surface area contributed by atoms with Crippen LogP contribution in [0.4, 0.5) is 5.69 Å². The summed E-state index contributed by atoms with van der Waals surface area (Å²) >= 11 is 12.0. The Morgan fingerprint density at radius 1 is 0.833 bits per heavy atom. The number of benzene rings is 3. The Balaban J connectivity index is 2.03. The molecule has 0 radical (unpaired) electrons. The number of rotatable bonds is 4. The van der Waals surface area contributed by atoms with E-state index in [1.807, 2.05) is 30.3 Å². The highest BCUT2D eigenvalue weighted by atomic mass is 35.5. The van der Waals surface area contributed by atoms with E-state index in [0.29, 0.717) is 32.8 Å². The van der Waals surface area contributed by atoms with Gasteiger partial charge in [-0.1, -0.05) is 58.7 Å². The molecule has 3 nitrogen and oxygen atoms in total. The molecule has 3 rings (SSSR count). The largest absolute Gasteiger partial charge is 0.398 e. The summed E-state index contributed by atoms with van der Waals surface area (Å²) in [5.41, 5.74) is 8.86. The first-order valence-corrected chi connectivity index (χ1v) is 8.00. The van der Waals surface area contributed by atoms with E-state index in [9.17, 15) is 0 Å². The molecule has 2 N–H and O–H groups in total. The Morgan fingerprint density at radius 2 is 1.50 bits per heavy atom. The van der Waals surface area contributed by atoms with Crippen LogP contribution < -0.4 is 10.6 Å². The maximum atomic E-state index is 6.12. The Kier molecular flexibility index (Phi) is 5.04. The lowest BCUT2D eigenvalue weighted by Crippen LogP contribution is -2.08. The molecule has 0 saturated heterocycles. The van der Waals surface area contributed by atoms with E-state index in [0.717, 1.165) is 5.56 Å². The van der Waals surface area contributed by atoms with Crippen LogP contribution in [0.3, 0.4) is 0 Å². The summed E-state index contributed by atoms with van der Waals surface area (Å²) in [6, 6.07) is 21.9. The van der Waals surface area contributed by atoms with Gasteiger partial charge in [-0.05, 0) is 42.5 Å². The van der Waals surface area contributed by atoms with E-state index in [-0.39, 0.29) is 0 Å². The van der Waals surface area contributed by atoms with Crippen molar-refractivity contribution < 1.29 is 4.84 Å². The smallest absolute Gasteiger partial charge is 0.158 e. The number of hydrogen-bond donors (Lipinski definition) is 1. The average molecular weight is 357 g/mol. The second kappa shape index (κ2) is 7.39. The van der Waals surface area contributed by atoms with Gasteiger partial charge in [-0.2, -0.15) is 0 Å². The molecule has 0 bridgehead atoms. The molecule has 3 aromatic carbocycles. The predicted octanol–water partition coefficient (Wildman–Crippen LogP) is 5.41. The summed E-state index contributed by atoms with van der Waals surface area (Å²) in [5.74, 6) is 0.577. The number of nitrogens with two attached hydrogens (primary N) is 1. The highest BCUT2D eigenvalue weighted by molar-refractivity contribution is 6.31. The molecule has 0 unspecified atom stereocenters. The minimum Gasteiger partial charge on any atom is -0.398 e.